The Balaban J connectivity index is 1.53. The second-order valence-corrected chi connectivity index (χ2v) is 7.59. The van der Waals surface area contributed by atoms with Gasteiger partial charge in [0.15, 0.2) is 0 Å². The summed E-state index contributed by atoms with van der Waals surface area (Å²) in [6.45, 7) is 0.783. The average molecular weight is 413 g/mol. The van der Waals surface area contributed by atoms with Crippen LogP contribution in [0.15, 0.2) is 65.7 Å². The van der Waals surface area contributed by atoms with Crippen LogP contribution in [-0.4, -0.2) is 23.3 Å². The van der Waals surface area contributed by atoms with Gasteiger partial charge in [-0.3, -0.25) is 9.36 Å². The molecule has 7 heteroatoms. The van der Waals surface area contributed by atoms with Gasteiger partial charge >= 0.3 is 0 Å². The SMILES string of the molecule is COc1ccc(-c2cc3ncn(CCOc4ccc(Cl)cc4)c(=O)c3s2)cc1. The number of rotatable bonds is 6. The smallest absolute Gasteiger partial charge is 0.271 e. The summed E-state index contributed by atoms with van der Waals surface area (Å²) in [6, 6.07) is 16.8. The molecule has 0 fully saturated rings. The maximum absolute atomic E-state index is 12.8. The number of nitrogens with zero attached hydrogens (tertiary/aromatic N) is 2. The minimum absolute atomic E-state index is 0.0607. The summed E-state index contributed by atoms with van der Waals surface area (Å²) < 4.78 is 13.1. The monoisotopic (exact) mass is 412 g/mol. The van der Waals surface area contributed by atoms with Gasteiger partial charge in [-0.25, -0.2) is 4.98 Å². The molecule has 0 saturated carbocycles. The molecule has 0 radical (unpaired) electrons. The fraction of sp³-hybridized carbons (Fsp3) is 0.143. The Kier molecular flexibility index (Phi) is 5.32. The van der Waals surface area contributed by atoms with Crippen molar-refractivity contribution < 1.29 is 9.47 Å². The first-order valence-electron chi connectivity index (χ1n) is 8.66. The lowest BCUT2D eigenvalue weighted by Gasteiger charge is -2.08. The van der Waals surface area contributed by atoms with Crippen molar-refractivity contribution in [3.05, 3.63) is 76.3 Å². The van der Waals surface area contributed by atoms with Gasteiger partial charge in [0.05, 0.1) is 25.5 Å². The van der Waals surface area contributed by atoms with Crippen LogP contribution in [0, 0.1) is 0 Å². The van der Waals surface area contributed by atoms with Crippen molar-refractivity contribution in [1.29, 1.82) is 0 Å². The first kappa shape index (κ1) is 18.5. The number of aromatic nitrogens is 2. The largest absolute Gasteiger partial charge is 0.497 e. The van der Waals surface area contributed by atoms with Gasteiger partial charge in [-0.1, -0.05) is 11.6 Å². The third-order valence-electron chi connectivity index (χ3n) is 4.29. The summed E-state index contributed by atoms with van der Waals surface area (Å²) in [5.41, 5.74) is 1.67. The number of thiophene rings is 1. The zero-order valence-corrected chi connectivity index (χ0v) is 16.7. The number of methoxy groups -OCH3 is 1. The Hall–Kier alpha value is -2.83. The lowest BCUT2D eigenvalue weighted by atomic mass is 10.2. The van der Waals surface area contributed by atoms with Crippen LogP contribution >= 0.6 is 22.9 Å². The molecular formula is C21H17ClN2O3S. The Morgan fingerprint density at radius 1 is 1.07 bits per heavy atom. The number of benzene rings is 2. The van der Waals surface area contributed by atoms with Crippen LogP contribution in [0.4, 0.5) is 0 Å². The number of fused-ring (bicyclic) bond motifs is 1. The zero-order chi connectivity index (χ0) is 19.5. The van der Waals surface area contributed by atoms with Crippen LogP contribution in [0.3, 0.4) is 0 Å². The molecule has 0 aliphatic heterocycles. The van der Waals surface area contributed by atoms with Gasteiger partial charge in [0.1, 0.15) is 22.8 Å². The fourth-order valence-electron chi connectivity index (χ4n) is 2.79. The van der Waals surface area contributed by atoms with Gasteiger partial charge in [-0.05, 0) is 60.2 Å². The zero-order valence-electron chi connectivity index (χ0n) is 15.1. The number of hydrogen-bond acceptors (Lipinski definition) is 5. The normalized spacial score (nSPS) is 10.9. The van der Waals surface area contributed by atoms with Crippen molar-refractivity contribution in [3.8, 4) is 21.9 Å². The van der Waals surface area contributed by atoms with E-state index in [4.69, 9.17) is 21.1 Å². The predicted molar refractivity (Wildman–Crippen MR) is 113 cm³/mol. The van der Waals surface area contributed by atoms with Crippen molar-refractivity contribution in [1.82, 2.24) is 9.55 Å². The van der Waals surface area contributed by atoms with Crippen molar-refractivity contribution >= 4 is 33.2 Å². The molecule has 0 bridgehead atoms. The van der Waals surface area contributed by atoms with E-state index in [-0.39, 0.29) is 5.56 Å². The Morgan fingerprint density at radius 3 is 2.50 bits per heavy atom. The molecule has 142 valence electrons. The molecule has 28 heavy (non-hydrogen) atoms. The molecule has 4 rings (SSSR count). The van der Waals surface area contributed by atoms with E-state index in [9.17, 15) is 4.79 Å². The van der Waals surface area contributed by atoms with Gasteiger partial charge in [0.25, 0.3) is 5.56 Å². The van der Waals surface area contributed by atoms with Crippen molar-refractivity contribution in [3.63, 3.8) is 0 Å². The average Bonchev–Trinajstić information content (AvgIpc) is 3.16. The predicted octanol–water partition coefficient (Wildman–Crippen LogP) is 4.87. The molecular weight excluding hydrogens is 396 g/mol. The second kappa shape index (κ2) is 8.04. The van der Waals surface area contributed by atoms with Crippen LogP contribution in [0.2, 0.25) is 5.02 Å². The lowest BCUT2D eigenvalue weighted by Crippen LogP contribution is -2.22. The third-order valence-corrected chi connectivity index (χ3v) is 5.71. The van der Waals surface area contributed by atoms with E-state index >= 15 is 0 Å². The van der Waals surface area contributed by atoms with Gasteiger partial charge < -0.3 is 9.47 Å². The summed E-state index contributed by atoms with van der Waals surface area (Å²) in [5.74, 6) is 1.51. The number of halogens is 1. The van der Waals surface area contributed by atoms with Gasteiger partial charge in [-0.15, -0.1) is 11.3 Å². The van der Waals surface area contributed by atoms with Crippen LogP contribution in [0.1, 0.15) is 0 Å². The fourth-order valence-corrected chi connectivity index (χ4v) is 3.99. The topological polar surface area (TPSA) is 53.4 Å². The molecule has 0 aliphatic rings. The van der Waals surface area contributed by atoms with Gasteiger partial charge in [-0.2, -0.15) is 0 Å². The van der Waals surface area contributed by atoms with Crippen molar-refractivity contribution in [2.75, 3.05) is 13.7 Å². The van der Waals surface area contributed by atoms with E-state index in [1.165, 1.54) is 11.3 Å². The molecule has 2 aromatic heterocycles. The third kappa shape index (κ3) is 3.88. The van der Waals surface area contributed by atoms with Crippen molar-refractivity contribution in [2.45, 2.75) is 6.54 Å². The molecule has 0 atom stereocenters. The van der Waals surface area contributed by atoms with E-state index in [1.807, 2.05) is 30.3 Å². The standard InChI is InChI=1S/C21H17ClN2O3S/c1-26-16-6-2-14(3-7-16)19-12-18-20(28-19)21(25)24(13-23-18)10-11-27-17-8-4-15(22)5-9-17/h2-9,12-13H,10-11H2,1H3. The molecule has 5 nitrogen and oxygen atoms in total. The molecule has 0 N–H and O–H groups in total. The molecule has 0 unspecified atom stereocenters. The highest BCUT2D eigenvalue weighted by atomic mass is 35.5. The summed E-state index contributed by atoms with van der Waals surface area (Å²) in [4.78, 5) is 18.2. The maximum Gasteiger partial charge on any atom is 0.271 e. The molecule has 0 aliphatic carbocycles. The summed E-state index contributed by atoms with van der Waals surface area (Å²) in [6.07, 6.45) is 1.57. The highest BCUT2D eigenvalue weighted by molar-refractivity contribution is 7.22. The first-order chi connectivity index (χ1) is 13.6. The summed E-state index contributed by atoms with van der Waals surface area (Å²) >= 11 is 7.31. The molecule has 0 saturated heterocycles. The Labute approximate surface area is 170 Å². The molecule has 4 aromatic rings. The van der Waals surface area contributed by atoms with Crippen LogP contribution in [-0.2, 0) is 6.54 Å². The minimum Gasteiger partial charge on any atom is -0.497 e. The van der Waals surface area contributed by atoms with E-state index in [0.717, 1.165) is 16.2 Å². The lowest BCUT2D eigenvalue weighted by molar-refractivity contribution is 0.296. The first-order valence-corrected chi connectivity index (χ1v) is 9.85. The quantitative estimate of drug-likeness (QED) is 0.453. The van der Waals surface area contributed by atoms with Gasteiger partial charge in [0, 0.05) is 9.90 Å². The van der Waals surface area contributed by atoms with E-state index in [2.05, 4.69) is 4.98 Å². The van der Waals surface area contributed by atoms with E-state index in [0.29, 0.717) is 34.1 Å². The maximum atomic E-state index is 12.8. The van der Waals surface area contributed by atoms with Crippen LogP contribution < -0.4 is 15.0 Å². The number of ether oxygens (including phenoxy) is 2. The molecule has 0 spiro atoms. The van der Waals surface area contributed by atoms with E-state index in [1.54, 1.807) is 42.3 Å². The van der Waals surface area contributed by atoms with Crippen molar-refractivity contribution in [2.24, 2.45) is 0 Å². The summed E-state index contributed by atoms with van der Waals surface area (Å²) in [7, 11) is 1.64. The summed E-state index contributed by atoms with van der Waals surface area (Å²) in [5, 5.41) is 0.656. The second-order valence-electron chi connectivity index (χ2n) is 6.10. The highest BCUT2D eigenvalue weighted by Gasteiger charge is 2.11. The van der Waals surface area contributed by atoms with Crippen LogP contribution in [0.25, 0.3) is 20.7 Å². The Bertz CT molecular complexity index is 1150. The highest BCUT2D eigenvalue weighted by Crippen LogP contribution is 2.31. The Morgan fingerprint density at radius 2 is 1.79 bits per heavy atom. The molecule has 2 aromatic carbocycles. The van der Waals surface area contributed by atoms with Crippen LogP contribution in [0.5, 0.6) is 11.5 Å². The molecule has 2 heterocycles. The molecule has 0 amide bonds. The van der Waals surface area contributed by atoms with Gasteiger partial charge in [0.2, 0.25) is 0 Å². The minimum atomic E-state index is -0.0607. The number of hydrogen-bond donors (Lipinski definition) is 0. The van der Waals surface area contributed by atoms with E-state index < -0.39 is 0 Å².